The molecule has 0 aliphatic rings. The van der Waals surface area contributed by atoms with Gasteiger partial charge in [-0.3, -0.25) is 4.21 Å². The topological polar surface area (TPSA) is 95.9 Å². The highest BCUT2D eigenvalue weighted by atomic mass is 32.2. The largest absolute Gasteiger partial charge is 0.496 e. The number of rotatable bonds is 5. The van der Waals surface area contributed by atoms with Crippen molar-refractivity contribution >= 4 is 16.5 Å². The van der Waals surface area contributed by atoms with Gasteiger partial charge in [-0.05, 0) is 29.5 Å². The third-order valence-electron chi connectivity index (χ3n) is 3.00. The number of methoxy groups -OCH3 is 1. The molecule has 0 saturated carbocycles. The number of nitrogens with two attached hydrogens (primary N) is 1. The number of nitrogens with zero attached hydrogens (tertiary/aromatic N) is 4. The molecule has 0 spiro atoms. The van der Waals surface area contributed by atoms with Gasteiger partial charge in [0.15, 0.2) is 5.82 Å². The fourth-order valence-corrected chi connectivity index (χ4v) is 2.11. The van der Waals surface area contributed by atoms with Gasteiger partial charge in [0, 0.05) is 28.8 Å². The van der Waals surface area contributed by atoms with E-state index in [4.69, 9.17) is 10.5 Å². The first-order valence-electron chi connectivity index (χ1n) is 6.05. The molecule has 1 aromatic heterocycles. The fourth-order valence-electron chi connectivity index (χ4n) is 1.76. The molecule has 0 bridgehead atoms. The van der Waals surface area contributed by atoms with E-state index in [2.05, 4.69) is 15.5 Å². The molecular weight excluding hydrogens is 278 g/mol. The Morgan fingerprint density at radius 3 is 2.90 bits per heavy atom. The molecule has 2 rings (SSSR count). The van der Waals surface area contributed by atoms with Gasteiger partial charge >= 0.3 is 0 Å². The smallest absolute Gasteiger partial charge is 0.185 e. The Bertz CT molecular complexity index is 628. The molecule has 1 aromatic carbocycles. The third kappa shape index (κ3) is 2.96. The number of nitrogen functional groups attached to an aromatic ring is 1. The molecule has 0 saturated heterocycles. The number of hydrogen-bond donors (Lipinski definition) is 1. The van der Waals surface area contributed by atoms with E-state index in [9.17, 15) is 4.21 Å². The van der Waals surface area contributed by atoms with E-state index in [1.54, 1.807) is 30.2 Å². The van der Waals surface area contributed by atoms with Crippen molar-refractivity contribution < 1.29 is 8.95 Å². The molecule has 0 fully saturated rings. The second-order valence-electron chi connectivity index (χ2n) is 4.45. The van der Waals surface area contributed by atoms with Gasteiger partial charge in [-0.2, -0.15) is 0 Å². The maximum atomic E-state index is 11.5. The van der Waals surface area contributed by atoms with Crippen LogP contribution in [0.2, 0.25) is 0 Å². The molecule has 7 nitrogen and oxygen atoms in total. The summed E-state index contributed by atoms with van der Waals surface area (Å²) in [6.07, 6.45) is 1.67. The van der Waals surface area contributed by atoms with Gasteiger partial charge in [0.25, 0.3) is 0 Å². The van der Waals surface area contributed by atoms with Crippen LogP contribution in [0.4, 0.5) is 5.69 Å². The van der Waals surface area contributed by atoms with Crippen molar-refractivity contribution in [3.05, 3.63) is 18.2 Å². The Morgan fingerprint density at radius 1 is 1.50 bits per heavy atom. The maximum absolute atomic E-state index is 11.5. The first kappa shape index (κ1) is 14.4. The average molecular weight is 295 g/mol. The minimum Gasteiger partial charge on any atom is -0.496 e. The Morgan fingerprint density at radius 2 is 2.25 bits per heavy atom. The molecule has 1 heterocycles. The van der Waals surface area contributed by atoms with Crippen molar-refractivity contribution in [1.82, 2.24) is 20.2 Å². The Kier molecular flexibility index (Phi) is 4.33. The second-order valence-corrected chi connectivity index (χ2v) is 6.26. The highest BCUT2D eigenvalue weighted by Crippen LogP contribution is 2.29. The predicted octanol–water partition coefficient (Wildman–Crippen LogP) is 0.698. The van der Waals surface area contributed by atoms with E-state index in [-0.39, 0.29) is 5.25 Å². The first-order chi connectivity index (χ1) is 9.52. The van der Waals surface area contributed by atoms with Crippen LogP contribution in [-0.4, -0.2) is 43.0 Å². The summed E-state index contributed by atoms with van der Waals surface area (Å²) in [5.41, 5.74) is 7.09. The summed E-state index contributed by atoms with van der Waals surface area (Å²) in [5.74, 6) is 1.17. The Hall–Kier alpha value is -1.96. The molecule has 108 valence electrons. The summed E-state index contributed by atoms with van der Waals surface area (Å²) in [4.78, 5) is 0. The second kappa shape index (κ2) is 6.00. The van der Waals surface area contributed by atoms with Crippen LogP contribution < -0.4 is 10.5 Å². The summed E-state index contributed by atoms with van der Waals surface area (Å²) < 4.78 is 18.4. The monoisotopic (exact) mass is 295 g/mol. The standard InChI is InChI=1S/C12H17N5O2S/c1-8(20(3)18)7-17-12(14-15-16-17)10-5-4-9(13)6-11(10)19-2/h4-6,8H,7,13H2,1-3H3. The minimum atomic E-state index is -0.938. The van der Waals surface area contributed by atoms with E-state index >= 15 is 0 Å². The normalized spacial score (nSPS) is 13.9. The van der Waals surface area contributed by atoms with Gasteiger partial charge in [-0.1, -0.05) is 0 Å². The zero-order valence-corrected chi connectivity index (χ0v) is 12.4. The summed E-state index contributed by atoms with van der Waals surface area (Å²) in [7, 11) is 0.628. The van der Waals surface area contributed by atoms with Crippen LogP contribution in [0.3, 0.4) is 0 Å². The lowest BCUT2D eigenvalue weighted by atomic mass is 10.1. The summed E-state index contributed by atoms with van der Waals surface area (Å²) >= 11 is 0. The molecule has 0 aliphatic carbocycles. The van der Waals surface area contributed by atoms with Crippen molar-refractivity contribution in [2.75, 3.05) is 19.1 Å². The molecule has 2 N–H and O–H groups in total. The summed E-state index contributed by atoms with van der Waals surface area (Å²) in [5, 5.41) is 11.6. The number of tetrazole rings is 1. The zero-order chi connectivity index (χ0) is 14.7. The van der Waals surface area contributed by atoms with Crippen molar-refractivity contribution in [2.24, 2.45) is 0 Å². The van der Waals surface area contributed by atoms with Crippen molar-refractivity contribution in [3.63, 3.8) is 0 Å². The van der Waals surface area contributed by atoms with Crippen LogP contribution in [-0.2, 0) is 17.3 Å². The van der Waals surface area contributed by atoms with Gasteiger partial charge in [0.1, 0.15) is 5.75 Å². The quantitative estimate of drug-likeness (QED) is 0.816. The van der Waals surface area contributed by atoms with Crippen LogP contribution in [0.25, 0.3) is 11.4 Å². The third-order valence-corrected chi connectivity index (χ3v) is 4.28. The fraction of sp³-hybridized carbons (Fsp3) is 0.417. The van der Waals surface area contributed by atoms with Crippen molar-refractivity contribution in [3.8, 4) is 17.1 Å². The van der Waals surface area contributed by atoms with E-state index in [0.717, 1.165) is 5.56 Å². The minimum absolute atomic E-state index is 0.0444. The van der Waals surface area contributed by atoms with E-state index < -0.39 is 10.8 Å². The van der Waals surface area contributed by atoms with E-state index in [1.165, 1.54) is 0 Å². The number of anilines is 1. The SMILES string of the molecule is COc1cc(N)ccc1-c1nnnn1CC(C)S(C)=O. The Balaban J connectivity index is 2.39. The average Bonchev–Trinajstić information content (AvgIpc) is 2.86. The molecule has 2 unspecified atom stereocenters. The first-order valence-corrected chi connectivity index (χ1v) is 7.67. The zero-order valence-electron chi connectivity index (χ0n) is 11.6. The van der Waals surface area contributed by atoms with Gasteiger partial charge in [0.2, 0.25) is 0 Å². The number of hydrogen-bond acceptors (Lipinski definition) is 6. The number of aromatic nitrogens is 4. The van der Waals surface area contributed by atoms with Gasteiger partial charge in [-0.25, -0.2) is 4.68 Å². The Labute approximate surface area is 119 Å². The molecular formula is C12H17N5O2S. The van der Waals surface area contributed by atoms with Crippen LogP contribution in [0, 0.1) is 0 Å². The summed E-state index contributed by atoms with van der Waals surface area (Å²) in [6, 6.07) is 5.29. The van der Waals surface area contributed by atoms with Gasteiger partial charge in [0.05, 0.1) is 24.5 Å². The molecule has 2 aromatic rings. The molecule has 20 heavy (non-hydrogen) atoms. The van der Waals surface area contributed by atoms with Gasteiger partial charge < -0.3 is 10.5 Å². The summed E-state index contributed by atoms with van der Waals surface area (Å²) in [6.45, 7) is 2.36. The predicted molar refractivity (Wildman–Crippen MR) is 77.7 cm³/mol. The van der Waals surface area contributed by atoms with E-state index in [0.29, 0.717) is 23.8 Å². The lowest BCUT2D eigenvalue weighted by Crippen LogP contribution is -2.19. The molecule has 0 amide bonds. The number of ether oxygens (including phenoxy) is 1. The molecule has 8 heteroatoms. The lowest BCUT2D eigenvalue weighted by Gasteiger charge is -2.12. The molecule has 0 aliphatic heterocycles. The highest BCUT2D eigenvalue weighted by Gasteiger charge is 2.17. The number of benzene rings is 1. The van der Waals surface area contributed by atoms with Crippen molar-refractivity contribution in [1.29, 1.82) is 0 Å². The lowest BCUT2D eigenvalue weighted by molar-refractivity contribution is 0.416. The van der Waals surface area contributed by atoms with Gasteiger partial charge in [-0.15, -0.1) is 5.10 Å². The van der Waals surface area contributed by atoms with E-state index in [1.807, 2.05) is 13.0 Å². The van der Waals surface area contributed by atoms with Crippen LogP contribution in [0.5, 0.6) is 5.75 Å². The van der Waals surface area contributed by atoms with Crippen LogP contribution in [0.15, 0.2) is 18.2 Å². The maximum Gasteiger partial charge on any atom is 0.185 e. The highest BCUT2D eigenvalue weighted by molar-refractivity contribution is 7.84. The van der Waals surface area contributed by atoms with Crippen molar-refractivity contribution in [2.45, 2.75) is 18.7 Å². The molecule has 2 atom stereocenters. The molecule has 0 radical (unpaired) electrons. The van der Waals surface area contributed by atoms with Crippen LogP contribution >= 0.6 is 0 Å². The van der Waals surface area contributed by atoms with Crippen LogP contribution in [0.1, 0.15) is 6.92 Å².